The Hall–Kier alpha value is -2.13. The van der Waals surface area contributed by atoms with Crippen LogP contribution in [0.25, 0.3) is 16.8 Å². The van der Waals surface area contributed by atoms with E-state index in [-0.39, 0.29) is 18.1 Å². The molecule has 3 heteroatoms. The van der Waals surface area contributed by atoms with E-state index in [0.717, 1.165) is 36.6 Å². The van der Waals surface area contributed by atoms with Crippen molar-refractivity contribution in [1.29, 1.82) is 0 Å². The average Bonchev–Trinajstić information content (AvgIpc) is 2.55. The van der Waals surface area contributed by atoms with Gasteiger partial charge in [-0.2, -0.15) is 0 Å². The van der Waals surface area contributed by atoms with E-state index in [4.69, 9.17) is 0 Å². The molecular weight excluding hydrogens is 274 g/mol. The maximum atomic E-state index is 12.0. The summed E-state index contributed by atoms with van der Waals surface area (Å²) in [5.41, 5.74) is 1.05. The molecule has 0 atom stereocenters. The molecule has 0 spiro atoms. The first-order chi connectivity index (χ1) is 10.7. The van der Waals surface area contributed by atoms with Crippen molar-refractivity contribution in [2.75, 3.05) is 0 Å². The molecule has 0 bridgehead atoms. The molecule has 1 saturated carbocycles. The standard InChI is InChI=1S/C19H21NO2/c21-17-11-9-16(10-12-17)20-19(22)13-8-15-6-3-5-14-4-1-2-7-18(14)15/h1-8,13,16-17,21H,9-12H2,(H,20,22). The van der Waals surface area contributed by atoms with E-state index in [9.17, 15) is 9.90 Å². The normalized spacial score (nSPS) is 22.0. The lowest BCUT2D eigenvalue weighted by molar-refractivity contribution is -0.117. The van der Waals surface area contributed by atoms with Gasteiger partial charge in [-0.3, -0.25) is 4.79 Å². The van der Waals surface area contributed by atoms with E-state index in [1.54, 1.807) is 6.08 Å². The summed E-state index contributed by atoms with van der Waals surface area (Å²) in [6, 6.07) is 14.4. The Balaban J connectivity index is 1.66. The average molecular weight is 295 g/mol. The number of hydrogen-bond donors (Lipinski definition) is 2. The predicted molar refractivity (Wildman–Crippen MR) is 89.4 cm³/mol. The highest BCUT2D eigenvalue weighted by molar-refractivity contribution is 5.96. The fraction of sp³-hybridized carbons (Fsp3) is 0.316. The lowest BCUT2D eigenvalue weighted by Crippen LogP contribution is -2.37. The molecule has 0 aliphatic heterocycles. The van der Waals surface area contributed by atoms with Gasteiger partial charge in [-0.1, -0.05) is 42.5 Å². The van der Waals surface area contributed by atoms with E-state index in [0.29, 0.717) is 0 Å². The van der Waals surface area contributed by atoms with Crippen molar-refractivity contribution in [1.82, 2.24) is 5.32 Å². The first kappa shape index (κ1) is 14.8. The summed E-state index contributed by atoms with van der Waals surface area (Å²) >= 11 is 0. The largest absolute Gasteiger partial charge is 0.393 e. The monoisotopic (exact) mass is 295 g/mol. The lowest BCUT2D eigenvalue weighted by atomic mass is 9.93. The first-order valence-corrected chi connectivity index (χ1v) is 7.87. The van der Waals surface area contributed by atoms with Crippen LogP contribution < -0.4 is 5.32 Å². The van der Waals surface area contributed by atoms with Crippen LogP contribution in [0, 0.1) is 0 Å². The van der Waals surface area contributed by atoms with Crippen molar-refractivity contribution in [3.05, 3.63) is 54.1 Å². The third-order valence-electron chi connectivity index (χ3n) is 4.28. The van der Waals surface area contributed by atoms with E-state index in [2.05, 4.69) is 23.5 Å². The fourth-order valence-electron chi connectivity index (χ4n) is 3.03. The van der Waals surface area contributed by atoms with Gasteiger partial charge in [0, 0.05) is 12.1 Å². The molecule has 1 aliphatic carbocycles. The summed E-state index contributed by atoms with van der Waals surface area (Å²) in [6.07, 6.45) is 6.54. The zero-order valence-electron chi connectivity index (χ0n) is 12.5. The highest BCUT2D eigenvalue weighted by Crippen LogP contribution is 2.20. The quantitative estimate of drug-likeness (QED) is 0.854. The van der Waals surface area contributed by atoms with Crippen molar-refractivity contribution in [3.8, 4) is 0 Å². The van der Waals surface area contributed by atoms with Gasteiger partial charge in [0.05, 0.1) is 6.10 Å². The van der Waals surface area contributed by atoms with Gasteiger partial charge < -0.3 is 10.4 Å². The molecule has 1 fully saturated rings. The maximum Gasteiger partial charge on any atom is 0.244 e. The Kier molecular flexibility index (Phi) is 4.54. The van der Waals surface area contributed by atoms with Crippen molar-refractivity contribution in [2.45, 2.75) is 37.8 Å². The number of hydrogen-bond acceptors (Lipinski definition) is 2. The molecule has 0 heterocycles. The Morgan fingerprint density at radius 1 is 1.05 bits per heavy atom. The van der Waals surface area contributed by atoms with E-state index in [1.807, 2.05) is 30.3 Å². The molecular formula is C19H21NO2. The van der Waals surface area contributed by atoms with Gasteiger partial charge in [-0.25, -0.2) is 0 Å². The van der Waals surface area contributed by atoms with Crippen LogP contribution in [-0.4, -0.2) is 23.2 Å². The number of aliphatic hydroxyl groups excluding tert-OH is 1. The highest BCUT2D eigenvalue weighted by Gasteiger charge is 2.19. The minimum absolute atomic E-state index is 0.0608. The Bertz CT molecular complexity index is 679. The Morgan fingerprint density at radius 3 is 2.59 bits per heavy atom. The number of aliphatic hydroxyl groups is 1. The predicted octanol–water partition coefficient (Wildman–Crippen LogP) is 3.27. The summed E-state index contributed by atoms with van der Waals surface area (Å²) in [4.78, 5) is 12.0. The topological polar surface area (TPSA) is 49.3 Å². The molecule has 0 aromatic heterocycles. The fourth-order valence-corrected chi connectivity index (χ4v) is 3.03. The van der Waals surface area contributed by atoms with E-state index >= 15 is 0 Å². The summed E-state index contributed by atoms with van der Waals surface area (Å²) in [5.74, 6) is -0.0608. The van der Waals surface area contributed by atoms with Crippen molar-refractivity contribution < 1.29 is 9.90 Å². The molecule has 0 saturated heterocycles. The van der Waals surface area contributed by atoms with Gasteiger partial charge >= 0.3 is 0 Å². The SMILES string of the molecule is O=C(C=Cc1cccc2ccccc12)NC1CCC(O)CC1. The molecule has 3 rings (SSSR count). The number of amides is 1. The van der Waals surface area contributed by atoms with Gasteiger partial charge in [-0.15, -0.1) is 0 Å². The smallest absolute Gasteiger partial charge is 0.244 e. The summed E-state index contributed by atoms with van der Waals surface area (Å²) in [5, 5.41) is 14.8. The van der Waals surface area contributed by atoms with Crippen molar-refractivity contribution in [3.63, 3.8) is 0 Å². The van der Waals surface area contributed by atoms with Crippen LogP contribution in [-0.2, 0) is 4.79 Å². The van der Waals surface area contributed by atoms with Crippen LogP contribution in [0.4, 0.5) is 0 Å². The third kappa shape index (κ3) is 3.55. The number of carbonyl (C=O) groups excluding carboxylic acids is 1. The minimum Gasteiger partial charge on any atom is -0.393 e. The number of nitrogens with one attached hydrogen (secondary N) is 1. The lowest BCUT2D eigenvalue weighted by Gasteiger charge is -2.25. The van der Waals surface area contributed by atoms with Gasteiger partial charge in [0.2, 0.25) is 5.91 Å². The number of fused-ring (bicyclic) bond motifs is 1. The van der Waals surface area contributed by atoms with Gasteiger partial charge in [0.25, 0.3) is 0 Å². The minimum atomic E-state index is -0.195. The van der Waals surface area contributed by atoms with Crippen molar-refractivity contribution in [2.24, 2.45) is 0 Å². The Labute approximate surface area is 130 Å². The van der Waals surface area contributed by atoms with E-state index in [1.165, 1.54) is 5.39 Å². The van der Waals surface area contributed by atoms with Crippen LogP contribution in [0.3, 0.4) is 0 Å². The zero-order valence-corrected chi connectivity index (χ0v) is 12.5. The summed E-state index contributed by atoms with van der Waals surface area (Å²) in [7, 11) is 0. The molecule has 1 aliphatic rings. The number of rotatable bonds is 3. The highest BCUT2D eigenvalue weighted by atomic mass is 16.3. The molecule has 0 unspecified atom stereocenters. The number of carbonyl (C=O) groups is 1. The second-order valence-corrected chi connectivity index (χ2v) is 5.92. The molecule has 0 radical (unpaired) electrons. The summed E-state index contributed by atoms with van der Waals surface area (Å²) in [6.45, 7) is 0. The molecule has 2 aromatic carbocycles. The third-order valence-corrected chi connectivity index (χ3v) is 4.28. The summed E-state index contributed by atoms with van der Waals surface area (Å²) < 4.78 is 0. The number of benzene rings is 2. The molecule has 3 nitrogen and oxygen atoms in total. The molecule has 2 aromatic rings. The maximum absolute atomic E-state index is 12.0. The molecule has 2 N–H and O–H groups in total. The van der Waals surface area contributed by atoms with Crippen LogP contribution in [0.2, 0.25) is 0 Å². The second kappa shape index (κ2) is 6.75. The van der Waals surface area contributed by atoms with Gasteiger partial charge in [0.1, 0.15) is 0 Å². The second-order valence-electron chi connectivity index (χ2n) is 5.92. The van der Waals surface area contributed by atoms with E-state index < -0.39 is 0 Å². The van der Waals surface area contributed by atoms with Crippen LogP contribution >= 0.6 is 0 Å². The zero-order chi connectivity index (χ0) is 15.4. The Morgan fingerprint density at radius 2 is 1.77 bits per heavy atom. The first-order valence-electron chi connectivity index (χ1n) is 7.87. The molecule has 114 valence electrons. The van der Waals surface area contributed by atoms with Crippen molar-refractivity contribution >= 4 is 22.8 Å². The molecule has 22 heavy (non-hydrogen) atoms. The van der Waals surface area contributed by atoms with Gasteiger partial charge in [-0.05, 0) is 48.1 Å². The van der Waals surface area contributed by atoms with Crippen LogP contribution in [0.5, 0.6) is 0 Å². The van der Waals surface area contributed by atoms with Crippen LogP contribution in [0.1, 0.15) is 31.2 Å². The molecule has 1 amide bonds. The van der Waals surface area contributed by atoms with Crippen LogP contribution in [0.15, 0.2) is 48.5 Å². The van der Waals surface area contributed by atoms with Gasteiger partial charge in [0.15, 0.2) is 0 Å².